The zero-order valence-corrected chi connectivity index (χ0v) is 11.2. The van der Waals surface area contributed by atoms with Crippen molar-refractivity contribution in [3.8, 4) is 0 Å². The number of aromatic nitrogens is 3. The predicted octanol–water partition coefficient (Wildman–Crippen LogP) is 2.82. The fraction of sp³-hybridized carbons (Fsp3) is 0.462. The van der Waals surface area contributed by atoms with Gasteiger partial charge in [0, 0.05) is 11.8 Å². The Morgan fingerprint density at radius 2 is 2.11 bits per heavy atom. The zero-order valence-electron chi connectivity index (χ0n) is 11.2. The van der Waals surface area contributed by atoms with Crippen molar-refractivity contribution >= 4 is 5.82 Å². The maximum atomic E-state index is 5.49. The molecule has 5 nitrogen and oxygen atoms in total. The Balaban J connectivity index is 2.16. The average molecular weight is 246 g/mol. The van der Waals surface area contributed by atoms with E-state index in [0.29, 0.717) is 5.89 Å². The topological polar surface area (TPSA) is 63.8 Å². The second-order valence-electron chi connectivity index (χ2n) is 4.32. The third-order valence-electron chi connectivity index (χ3n) is 2.63. The summed E-state index contributed by atoms with van der Waals surface area (Å²) in [6, 6.07) is 1.94. The SMILES string of the molecule is CCc1cc(NC(C)c2ncc(C)o2)nc(C)n1. The van der Waals surface area contributed by atoms with Crippen LogP contribution in [0.5, 0.6) is 0 Å². The summed E-state index contributed by atoms with van der Waals surface area (Å²) in [6.07, 6.45) is 2.61. The van der Waals surface area contributed by atoms with Crippen molar-refractivity contribution in [1.29, 1.82) is 0 Å². The molecular formula is C13H18N4O. The van der Waals surface area contributed by atoms with E-state index >= 15 is 0 Å². The number of aryl methyl sites for hydroxylation is 3. The first kappa shape index (κ1) is 12.5. The summed E-state index contributed by atoms with van der Waals surface area (Å²) in [5.74, 6) is 3.06. The van der Waals surface area contributed by atoms with Crippen LogP contribution < -0.4 is 5.32 Å². The van der Waals surface area contributed by atoms with Gasteiger partial charge in [0.2, 0.25) is 5.89 Å². The molecule has 1 N–H and O–H groups in total. The zero-order chi connectivity index (χ0) is 13.1. The van der Waals surface area contributed by atoms with Crippen LogP contribution in [0.1, 0.15) is 43.1 Å². The maximum Gasteiger partial charge on any atom is 0.216 e. The Labute approximate surface area is 107 Å². The van der Waals surface area contributed by atoms with E-state index in [1.54, 1.807) is 6.20 Å². The molecule has 0 amide bonds. The van der Waals surface area contributed by atoms with Gasteiger partial charge in [-0.15, -0.1) is 0 Å². The largest absolute Gasteiger partial charge is 0.444 e. The highest BCUT2D eigenvalue weighted by Gasteiger charge is 2.12. The van der Waals surface area contributed by atoms with E-state index in [4.69, 9.17) is 4.42 Å². The Bertz CT molecular complexity index is 536. The average Bonchev–Trinajstić information content (AvgIpc) is 2.75. The third kappa shape index (κ3) is 2.85. The summed E-state index contributed by atoms with van der Waals surface area (Å²) < 4.78 is 5.49. The lowest BCUT2D eigenvalue weighted by molar-refractivity contribution is 0.453. The van der Waals surface area contributed by atoms with Crippen LogP contribution in [0.25, 0.3) is 0 Å². The molecule has 0 saturated carbocycles. The molecule has 18 heavy (non-hydrogen) atoms. The van der Waals surface area contributed by atoms with Gasteiger partial charge in [0.05, 0.1) is 6.20 Å². The fourth-order valence-corrected chi connectivity index (χ4v) is 1.74. The van der Waals surface area contributed by atoms with Crippen molar-refractivity contribution in [3.05, 3.63) is 35.4 Å². The first-order valence-corrected chi connectivity index (χ1v) is 6.12. The number of hydrogen-bond donors (Lipinski definition) is 1. The van der Waals surface area contributed by atoms with Gasteiger partial charge >= 0.3 is 0 Å². The molecule has 0 fully saturated rings. The molecular weight excluding hydrogens is 228 g/mol. The number of hydrogen-bond acceptors (Lipinski definition) is 5. The van der Waals surface area contributed by atoms with E-state index in [1.807, 2.05) is 26.8 Å². The van der Waals surface area contributed by atoms with Gasteiger partial charge in [0.1, 0.15) is 23.4 Å². The number of nitrogens with zero attached hydrogens (tertiary/aromatic N) is 3. The molecule has 0 aliphatic carbocycles. The summed E-state index contributed by atoms with van der Waals surface area (Å²) in [6.45, 7) is 7.85. The van der Waals surface area contributed by atoms with Crippen LogP contribution in [-0.2, 0) is 6.42 Å². The van der Waals surface area contributed by atoms with Crippen molar-refractivity contribution in [1.82, 2.24) is 15.0 Å². The van der Waals surface area contributed by atoms with Crippen LogP contribution in [0.3, 0.4) is 0 Å². The normalized spacial score (nSPS) is 12.4. The summed E-state index contributed by atoms with van der Waals surface area (Å²) in [7, 11) is 0. The molecule has 2 aromatic rings. The molecule has 0 saturated heterocycles. The molecule has 0 aromatic carbocycles. The minimum absolute atomic E-state index is 0.0160. The summed E-state index contributed by atoms with van der Waals surface area (Å²) in [5, 5.41) is 3.28. The minimum Gasteiger partial charge on any atom is -0.444 e. The van der Waals surface area contributed by atoms with Crippen LogP contribution in [-0.4, -0.2) is 15.0 Å². The lowest BCUT2D eigenvalue weighted by Gasteiger charge is -2.12. The van der Waals surface area contributed by atoms with Crippen LogP contribution in [0.2, 0.25) is 0 Å². The van der Waals surface area contributed by atoms with Crippen molar-refractivity contribution in [2.24, 2.45) is 0 Å². The van der Waals surface area contributed by atoms with Gasteiger partial charge < -0.3 is 9.73 Å². The molecule has 1 unspecified atom stereocenters. The summed E-state index contributed by atoms with van der Waals surface area (Å²) >= 11 is 0. The number of anilines is 1. The smallest absolute Gasteiger partial charge is 0.216 e. The van der Waals surface area contributed by atoms with E-state index < -0.39 is 0 Å². The Hall–Kier alpha value is -1.91. The highest BCUT2D eigenvalue weighted by atomic mass is 16.4. The molecule has 0 bridgehead atoms. The van der Waals surface area contributed by atoms with Gasteiger partial charge in [0.25, 0.3) is 0 Å². The predicted molar refractivity (Wildman–Crippen MR) is 69.4 cm³/mol. The van der Waals surface area contributed by atoms with Crippen LogP contribution >= 0.6 is 0 Å². The molecule has 0 aliphatic heterocycles. The van der Waals surface area contributed by atoms with E-state index in [0.717, 1.165) is 29.5 Å². The van der Waals surface area contributed by atoms with Gasteiger partial charge in [-0.2, -0.15) is 0 Å². The summed E-state index contributed by atoms with van der Waals surface area (Å²) in [5.41, 5.74) is 1.03. The van der Waals surface area contributed by atoms with E-state index in [1.165, 1.54) is 0 Å². The van der Waals surface area contributed by atoms with Crippen LogP contribution in [0.15, 0.2) is 16.7 Å². The summed E-state index contributed by atoms with van der Waals surface area (Å²) in [4.78, 5) is 12.9. The van der Waals surface area contributed by atoms with E-state index in [9.17, 15) is 0 Å². The first-order chi connectivity index (χ1) is 8.58. The Kier molecular flexibility index (Phi) is 3.60. The Morgan fingerprint density at radius 1 is 1.33 bits per heavy atom. The molecule has 1 atom stereocenters. The van der Waals surface area contributed by atoms with E-state index in [2.05, 4.69) is 27.2 Å². The molecule has 96 valence electrons. The molecule has 2 rings (SSSR count). The Morgan fingerprint density at radius 3 is 2.72 bits per heavy atom. The lowest BCUT2D eigenvalue weighted by Crippen LogP contribution is -2.10. The van der Waals surface area contributed by atoms with E-state index in [-0.39, 0.29) is 6.04 Å². The van der Waals surface area contributed by atoms with Crippen molar-refractivity contribution in [2.75, 3.05) is 5.32 Å². The maximum absolute atomic E-state index is 5.49. The molecule has 0 spiro atoms. The number of oxazole rings is 1. The molecule has 0 aliphatic rings. The minimum atomic E-state index is -0.0160. The van der Waals surface area contributed by atoms with Gasteiger partial charge in [-0.1, -0.05) is 6.92 Å². The number of rotatable bonds is 4. The van der Waals surface area contributed by atoms with Crippen molar-refractivity contribution in [3.63, 3.8) is 0 Å². The first-order valence-electron chi connectivity index (χ1n) is 6.12. The highest BCUT2D eigenvalue weighted by molar-refractivity contribution is 5.37. The van der Waals surface area contributed by atoms with Crippen LogP contribution in [0, 0.1) is 13.8 Å². The lowest BCUT2D eigenvalue weighted by atomic mass is 10.3. The second-order valence-corrected chi connectivity index (χ2v) is 4.32. The second kappa shape index (κ2) is 5.16. The van der Waals surface area contributed by atoms with Gasteiger partial charge in [-0.25, -0.2) is 15.0 Å². The monoisotopic (exact) mass is 246 g/mol. The molecule has 2 heterocycles. The van der Waals surface area contributed by atoms with Gasteiger partial charge in [0.15, 0.2) is 0 Å². The van der Waals surface area contributed by atoms with Gasteiger partial charge in [-0.3, -0.25) is 0 Å². The highest BCUT2D eigenvalue weighted by Crippen LogP contribution is 2.18. The standard InChI is InChI=1S/C13H18N4O/c1-5-11-6-12(17-10(4)16-11)15-9(3)13-14-7-8(2)18-13/h6-7,9H,5H2,1-4H3,(H,15,16,17). The molecule has 2 aromatic heterocycles. The van der Waals surface area contributed by atoms with Crippen molar-refractivity contribution < 1.29 is 4.42 Å². The van der Waals surface area contributed by atoms with Crippen LogP contribution in [0.4, 0.5) is 5.82 Å². The quantitative estimate of drug-likeness (QED) is 0.898. The molecule has 5 heteroatoms. The fourth-order valence-electron chi connectivity index (χ4n) is 1.74. The third-order valence-corrected chi connectivity index (χ3v) is 2.63. The van der Waals surface area contributed by atoms with Crippen molar-refractivity contribution in [2.45, 2.75) is 40.2 Å². The van der Waals surface area contributed by atoms with Gasteiger partial charge in [-0.05, 0) is 27.2 Å². The number of nitrogens with one attached hydrogen (secondary N) is 1. The molecule has 0 radical (unpaired) electrons.